The van der Waals surface area contributed by atoms with Gasteiger partial charge in [-0.2, -0.15) is 13.2 Å². The van der Waals surface area contributed by atoms with Crippen LogP contribution in [0.15, 0.2) is 55.1 Å². The Bertz CT molecular complexity index is 1140. The molecule has 0 amide bonds. The van der Waals surface area contributed by atoms with Crippen molar-refractivity contribution >= 4 is 16.9 Å². The number of H-pyrrole nitrogens is 1. The Morgan fingerprint density at radius 2 is 1.80 bits per heavy atom. The molecule has 0 aliphatic rings. The number of ether oxygens (including phenoxy) is 1. The maximum absolute atomic E-state index is 12.6. The predicted molar refractivity (Wildman–Crippen MR) is 106 cm³/mol. The van der Waals surface area contributed by atoms with Crippen molar-refractivity contribution < 1.29 is 17.9 Å². The maximum Gasteiger partial charge on any atom is 0.433 e. The first-order valence-corrected chi connectivity index (χ1v) is 9.13. The second kappa shape index (κ2) is 8.02. The van der Waals surface area contributed by atoms with Gasteiger partial charge in [0.05, 0.1) is 13.3 Å². The topological polar surface area (TPSA) is 75.7 Å². The minimum atomic E-state index is -4.44. The van der Waals surface area contributed by atoms with E-state index in [2.05, 4.69) is 25.3 Å². The van der Waals surface area contributed by atoms with Gasteiger partial charge in [-0.25, -0.2) is 9.97 Å². The van der Waals surface area contributed by atoms with E-state index in [9.17, 15) is 13.2 Å². The number of alkyl halides is 3. The Morgan fingerprint density at radius 1 is 1.00 bits per heavy atom. The second-order valence-electron chi connectivity index (χ2n) is 6.72. The Balaban J connectivity index is 1.40. The number of halogens is 3. The van der Waals surface area contributed by atoms with Crippen LogP contribution >= 0.6 is 0 Å². The molecule has 0 fully saturated rings. The molecule has 0 bridgehead atoms. The zero-order valence-corrected chi connectivity index (χ0v) is 16.0. The fourth-order valence-corrected chi connectivity index (χ4v) is 3.04. The first-order valence-electron chi connectivity index (χ1n) is 9.13. The molecule has 30 heavy (non-hydrogen) atoms. The van der Waals surface area contributed by atoms with Crippen molar-refractivity contribution in [1.29, 1.82) is 0 Å². The van der Waals surface area contributed by atoms with E-state index < -0.39 is 11.9 Å². The molecule has 4 aromatic heterocycles. The van der Waals surface area contributed by atoms with Gasteiger partial charge in [-0.15, -0.1) is 0 Å². The van der Waals surface area contributed by atoms with Crippen LogP contribution in [-0.2, 0) is 19.1 Å². The largest absolute Gasteiger partial charge is 0.495 e. The van der Waals surface area contributed by atoms with Gasteiger partial charge in [0, 0.05) is 36.9 Å². The van der Waals surface area contributed by atoms with Crippen molar-refractivity contribution in [3.8, 4) is 5.75 Å². The fraction of sp³-hybridized carbons (Fsp3) is 0.190. The second-order valence-corrected chi connectivity index (χ2v) is 6.72. The Kier molecular flexibility index (Phi) is 5.26. The number of aromatic nitrogens is 4. The molecular formula is C21H18F3N5O. The molecule has 0 spiro atoms. The van der Waals surface area contributed by atoms with Crippen molar-refractivity contribution in [2.45, 2.75) is 19.1 Å². The standard InChI is InChI=1S/C21H18F3N5O/c1-30-16-7-17-15(11-28-20(17)29-12-16)6-13-3-5-19(26-8-13)27-10-14-2-4-18(25-9-14)21(22,23)24/h2-5,7-9,11-12H,6,10H2,1H3,(H,26,27)(H,28,29). The third-order valence-electron chi connectivity index (χ3n) is 4.64. The first kappa shape index (κ1) is 19.7. The predicted octanol–water partition coefficient (Wildman–Crippen LogP) is 4.58. The summed E-state index contributed by atoms with van der Waals surface area (Å²) in [6.45, 7) is 0.325. The van der Waals surface area contributed by atoms with E-state index in [1.54, 1.807) is 19.5 Å². The average molecular weight is 413 g/mol. The van der Waals surface area contributed by atoms with Gasteiger partial charge in [0.15, 0.2) is 0 Å². The Morgan fingerprint density at radius 3 is 2.47 bits per heavy atom. The van der Waals surface area contributed by atoms with E-state index in [0.717, 1.165) is 28.2 Å². The Hall–Kier alpha value is -3.62. The lowest BCUT2D eigenvalue weighted by molar-refractivity contribution is -0.141. The summed E-state index contributed by atoms with van der Waals surface area (Å²) in [7, 11) is 1.60. The molecule has 0 aromatic carbocycles. The summed E-state index contributed by atoms with van der Waals surface area (Å²) in [6, 6.07) is 8.10. The van der Waals surface area contributed by atoms with Gasteiger partial charge in [0.2, 0.25) is 0 Å². The molecule has 0 unspecified atom stereocenters. The molecule has 0 saturated carbocycles. The highest BCUT2D eigenvalue weighted by atomic mass is 19.4. The van der Waals surface area contributed by atoms with Crippen LogP contribution < -0.4 is 10.1 Å². The van der Waals surface area contributed by atoms with Gasteiger partial charge < -0.3 is 15.0 Å². The number of aromatic amines is 1. The molecule has 0 aliphatic carbocycles. The summed E-state index contributed by atoms with van der Waals surface area (Å²) in [5.74, 6) is 1.32. The third-order valence-corrected chi connectivity index (χ3v) is 4.64. The van der Waals surface area contributed by atoms with Crippen LogP contribution in [0.1, 0.15) is 22.4 Å². The van der Waals surface area contributed by atoms with E-state index in [0.29, 0.717) is 30.1 Å². The van der Waals surface area contributed by atoms with Crippen molar-refractivity contribution in [2.24, 2.45) is 0 Å². The van der Waals surface area contributed by atoms with Crippen molar-refractivity contribution in [2.75, 3.05) is 12.4 Å². The van der Waals surface area contributed by atoms with Crippen LogP contribution in [-0.4, -0.2) is 27.0 Å². The van der Waals surface area contributed by atoms with Crippen molar-refractivity contribution in [3.05, 3.63) is 77.5 Å². The van der Waals surface area contributed by atoms with Gasteiger partial charge in [0.25, 0.3) is 0 Å². The van der Waals surface area contributed by atoms with E-state index in [1.807, 2.05) is 24.4 Å². The van der Waals surface area contributed by atoms with Crippen LogP contribution in [0.3, 0.4) is 0 Å². The zero-order chi connectivity index (χ0) is 21.1. The molecule has 0 aliphatic heterocycles. The number of hydrogen-bond acceptors (Lipinski definition) is 5. The summed E-state index contributed by atoms with van der Waals surface area (Å²) < 4.78 is 42.9. The normalized spacial score (nSPS) is 11.6. The monoisotopic (exact) mass is 413 g/mol. The minimum absolute atomic E-state index is 0.325. The van der Waals surface area contributed by atoms with Gasteiger partial charge >= 0.3 is 6.18 Å². The van der Waals surface area contributed by atoms with E-state index >= 15 is 0 Å². The highest BCUT2D eigenvalue weighted by Crippen LogP contribution is 2.27. The number of rotatable bonds is 6. The van der Waals surface area contributed by atoms with Crippen LogP contribution in [0.2, 0.25) is 0 Å². The van der Waals surface area contributed by atoms with Crippen LogP contribution in [0.4, 0.5) is 19.0 Å². The molecule has 0 radical (unpaired) electrons. The quantitative estimate of drug-likeness (QED) is 0.484. The molecule has 9 heteroatoms. The smallest absolute Gasteiger partial charge is 0.433 e. The van der Waals surface area contributed by atoms with Crippen molar-refractivity contribution in [3.63, 3.8) is 0 Å². The fourth-order valence-electron chi connectivity index (χ4n) is 3.04. The van der Waals surface area contributed by atoms with Crippen molar-refractivity contribution in [1.82, 2.24) is 19.9 Å². The van der Waals surface area contributed by atoms with Gasteiger partial charge in [-0.3, -0.25) is 4.98 Å². The highest BCUT2D eigenvalue weighted by molar-refractivity contribution is 5.81. The van der Waals surface area contributed by atoms with Gasteiger partial charge in [0.1, 0.15) is 22.9 Å². The molecule has 4 heterocycles. The van der Waals surface area contributed by atoms with Gasteiger partial charge in [-0.1, -0.05) is 12.1 Å². The zero-order valence-electron chi connectivity index (χ0n) is 16.0. The lowest BCUT2D eigenvalue weighted by Gasteiger charge is -2.08. The number of methoxy groups -OCH3 is 1. The summed E-state index contributed by atoms with van der Waals surface area (Å²) >= 11 is 0. The van der Waals surface area contributed by atoms with E-state index in [-0.39, 0.29) is 0 Å². The maximum atomic E-state index is 12.6. The minimum Gasteiger partial charge on any atom is -0.495 e. The molecule has 4 rings (SSSR count). The van der Waals surface area contributed by atoms with Crippen LogP contribution in [0.5, 0.6) is 5.75 Å². The lowest BCUT2D eigenvalue weighted by Crippen LogP contribution is -2.08. The number of fused-ring (bicyclic) bond motifs is 1. The third kappa shape index (κ3) is 4.35. The summed E-state index contributed by atoms with van der Waals surface area (Å²) in [6.07, 6.45) is 2.79. The molecular weight excluding hydrogens is 395 g/mol. The molecule has 4 aromatic rings. The number of anilines is 1. The summed E-state index contributed by atoms with van der Waals surface area (Å²) in [4.78, 5) is 15.3. The lowest BCUT2D eigenvalue weighted by atomic mass is 10.1. The molecule has 0 atom stereocenters. The molecule has 154 valence electrons. The molecule has 0 saturated heterocycles. The molecule has 2 N–H and O–H groups in total. The van der Waals surface area contributed by atoms with Gasteiger partial charge in [-0.05, 0) is 34.9 Å². The average Bonchev–Trinajstić information content (AvgIpc) is 3.15. The number of pyridine rings is 3. The first-order chi connectivity index (χ1) is 14.4. The number of hydrogen-bond donors (Lipinski definition) is 2. The Labute approximate surface area is 170 Å². The highest BCUT2D eigenvalue weighted by Gasteiger charge is 2.31. The van der Waals surface area contributed by atoms with Crippen LogP contribution in [0.25, 0.3) is 11.0 Å². The number of nitrogens with one attached hydrogen (secondary N) is 2. The summed E-state index contributed by atoms with van der Waals surface area (Å²) in [5, 5.41) is 4.08. The van der Waals surface area contributed by atoms with Crippen LogP contribution in [0, 0.1) is 0 Å². The van der Waals surface area contributed by atoms with E-state index in [4.69, 9.17) is 4.74 Å². The summed E-state index contributed by atoms with van der Waals surface area (Å²) in [5.41, 5.74) is 2.62. The molecule has 6 nitrogen and oxygen atoms in total. The number of nitrogens with zero attached hydrogens (tertiary/aromatic N) is 3. The van der Waals surface area contributed by atoms with E-state index in [1.165, 1.54) is 12.3 Å². The SMILES string of the molecule is COc1cnc2[nH]cc(Cc3ccc(NCc4ccc(C(F)(F)F)nc4)nc3)c2c1.